The number of ketones is 1. The van der Waals surface area contributed by atoms with Crippen LogP contribution in [0.3, 0.4) is 0 Å². The molecule has 0 saturated carbocycles. The third kappa shape index (κ3) is 4.32. The number of hydrogen-bond acceptors (Lipinski definition) is 2. The Labute approximate surface area is 127 Å². The largest absolute Gasteiger partial charge is 0.435 e. The molecule has 0 aliphatic carbocycles. The average Bonchev–Trinajstić information content (AvgIpc) is 2.42. The van der Waals surface area contributed by atoms with E-state index >= 15 is 0 Å². The fraction of sp³-hybridized carbons (Fsp3) is 0.133. The summed E-state index contributed by atoms with van der Waals surface area (Å²) in [7, 11) is 0. The highest BCUT2D eigenvalue weighted by atomic mass is 79.9. The molecule has 0 aliphatic rings. The first-order valence-corrected chi connectivity index (χ1v) is 6.77. The zero-order chi connectivity index (χ0) is 15.4. The van der Waals surface area contributed by atoms with Crippen LogP contribution in [0.1, 0.15) is 15.9 Å². The normalized spacial score (nSPS) is 10.7. The summed E-state index contributed by atoms with van der Waals surface area (Å²) >= 11 is 3.13. The minimum absolute atomic E-state index is 0.0311. The van der Waals surface area contributed by atoms with Crippen LogP contribution in [0.4, 0.5) is 13.2 Å². The van der Waals surface area contributed by atoms with E-state index in [-0.39, 0.29) is 23.5 Å². The van der Waals surface area contributed by atoms with Crippen LogP contribution < -0.4 is 4.74 Å². The maximum absolute atomic E-state index is 13.6. The van der Waals surface area contributed by atoms with Gasteiger partial charge in [0.25, 0.3) is 0 Å². The van der Waals surface area contributed by atoms with Crippen molar-refractivity contribution < 1.29 is 22.7 Å². The van der Waals surface area contributed by atoms with Crippen LogP contribution in [0.25, 0.3) is 0 Å². The molecule has 0 heterocycles. The molecule has 0 N–H and O–H groups in total. The minimum atomic E-state index is -2.91. The summed E-state index contributed by atoms with van der Waals surface area (Å²) in [6, 6.07) is 9.74. The number of hydrogen-bond donors (Lipinski definition) is 0. The summed E-state index contributed by atoms with van der Waals surface area (Å²) in [4.78, 5) is 12.0. The zero-order valence-corrected chi connectivity index (χ0v) is 12.2. The molecule has 2 aromatic rings. The van der Waals surface area contributed by atoms with Gasteiger partial charge in [-0.1, -0.05) is 22.0 Å². The second-order valence-corrected chi connectivity index (χ2v) is 5.15. The third-order valence-corrected chi connectivity index (χ3v) is 3.26. The number of Topliss-reactive ketones (excluding diaryl/α,β-unsaturated/α-hetero) is 1. The molecular formula is C15H10BrF3O2. The molecule has 0 bridgehead atoms. The Hall–Kier alpha value is -1.82. The van der Waals surface area contributed by atoms with Crippen LogP contribution in [0.15, 0.2) is 46.9 Å². The quantitative estimate of drug-likeness (QED) is 0.729. The number of carbonyl (C=O) groups is 1. The molecule has 2 nitrogen and oxygen atoms in total. The van der Waals surface area contributed by atoms with Crippen molar-refractivity contribution in [2.75, 3.05) is 0 Å². The van der Waals surface area contributed by atoms with E-state index in [0.717, 1.165) is 0 Å². The number of ether oxygens (including phenoxy) is 1. The third-order valence-electron chi connectivity index (χ3n) is 2.77. The van der Waals surface area contributed by atoms with Gasteiger partial charge in [-0.15, -0.1) is 0 Å². The van der Waals surface area contributed by atoms with Crippen molar-refractivity contribution in [3.05, 3.63) is 63.9 Å². The summed E-state index contributed by atoms with van der Waals surface area (Å²) in [5.74, 6) is -0.813. The fourth-order valence-corrected chi connectivity index (χ4v) is 2.10. The Balaban J connectivity index is 2.09. The maximum atomic E-state index is 13.6. The van der Waals surface area contributed by atoms with Gasteiger partial charge < -0.3 is 4.74 Å². The maximum Gasteiger partial charge on any atom is 0.387 e. The van der Waals surface area contributed by atoms with Crippen LogP contribution in [0, 0.1) is 5.82 Å². The lowest BCUT2D eigenvalue weighted by atomic mass is 10.0. The fourth-order valence-electron chi connectivity index (χ4n) is 1.76. The summed E-state index contributed by atoms with van der Waals surface area (Å²) < 4.78 is 42.4. The van der Waals surface area contributed by atoms with E-state index in [9.17, 15) is 18.0 Å². The Morgan fingerprint density at radius 1 is 1.14 bits per heavy atom. The van der Waals surface area contributed by atoms with E-state index in [1.807, 2.05) is 0 Å². The van der Waals surface area contributed by atoms with Crippen molar-refractivity contribution in [2.24, 2.45) is 0 Å². The van der Waals surface area contributed by atoms with Crippen molar-refractivity contribution >= 4 is 21.7 Å². The number of rotatable bonds is 5. The molecule has 0 fully saturated rings. The molecule has 21 heavy (non-hydrogen) atoms. The van der Waals surface area contributed by atoms with Crippen LogP contribution >= 0.6 is 15.9 Å². The Morgan fingerprint density at radius 3 is 2.38 bits per heavy atom. The van der Waals surface area contributed by atoms with Gasteiger partial charge in [0, 0.05) is 16.5 Å². The summed E-state index contributed by atoms with van der Waals surface area (Å²) in [6.45, 7) is -2.91. The molecule has 0 unspecified atom stereocenters. The van der Waals surface area contributed by atoms with E-state index in [1.165, 1.54) is 36.4 Å². The predicted octanol–water partition coefficient (Wildman–Crippen LogP) is 4.62. The Morgan fingerprint density at radius 2 is 1.81 bits per heavy atom. The van der Waals surface area contributed by atoms with Crippen LogP contribution in [0.2, 0.25) is 0 Å². The first-order chi connectivity index (χ1) is 9.95. The standard InChI is InChI=1S/C15H10BrF3O2/c16-11-4-1-10(13(17)8-11)7-14(20)9-2-5-12(6-3-9)21-15(18)19/h1-6,8,15H,7H2. The molecular weight excluding hydrogens is 349 g/mol. The van der Waals surface area contributed by atoms with Gasteiger partial charge >= 0.3 is 6.61 Å². The average molecular weight is 359 g/mol. The molecule has 0 amide bonds. The molecule has 6 heteroatoms. The van der Waals surface area contributed by atoms with Crippen LogP contribution in [-0.4, -0.2) is 12.4 Å². The predicted molar refractivity (Wildman–Crippen MR) is 75.2 cm³/mol. The van der Waals surface area contributed by atoms with Crippen LogP contribution in [-0.2, 0) is 6.42 Å². The van der Waals surface area contributed by atoms with Gasteiger partial charge in [0.2, 0.25) is 0 Å². The molecule has 0 spiro atoms. The van der Waals surface area contributed by atoms with Gasteiger partial charge in [-0.25, -0.2) is 4.39 Å². The molecule has 0 radical (unpaired) electrons. The van der Waals surface area contributed by atoms with E-state index in [1.54, 1.807) is 6.07 Å². The first kappa shape index (κ1) is 15.6. The van der Waals surface area contributed by atoms with Crippen molar-refractivity contribution in [3.63, 3.8) is 0 Å². The monoisotopic (exact) mass is 358 g/mol. The molecule has 0 atom stereocenters. The van der Waals surface area contributed by atoms with Gasteiger partial charge in [-0.2, -0.15) is 8.78 Å². The highest BCUT2D eigenvalue weighted by molar-refractivity contribution is 9.10. The second kappa shape index (κ2) is 6.76. The number of benzene rings is 2. The SMILES string of the molecule is O=C(Cc1ccc(Br)cc1F)c1ccc(OC(F)F)cc1. The van der Waals surface area contributed by atoms with Gasteiger partial charge in [-0.3, -0.25) is 4.79 Å². The smallest absolute Gasteiger partial charge is 0.387 e. The number of carbonyl (C=O) groups excluding carboxylic acids is 1. The van der Waals surface area contributed by atoms with Crippen molar-refractivity contribution in [1.82, 2.24) is 0 Å². The van der Waals surface area contributed by atoms with Crippen molar-refractivity contribution in [1.29, 1.82) is 0 Å². The minimum Gasteiger partial charge on any atom is -0.435 e. The van der Waals surface area contributed by atoms with Gasteiger partial charge in [0.05, 0.1) is 0 Å². The number of halogens is 4. The van der Waals surface area contributed by atoms with E-state index < -0.39 is 12.4 Å². The molecule has 0 saturated heterocycles. The Bertz CT molecular complexity index is 642. The van der Waals surface area contributed by atoms with Crippen molar-refractivity contribution in [2.45, 2.75) is 13.0 Å². The van der Waals surface area contributed by atoms with E-state index in [0.29, 0.717) is 10.0 Å². The molecule has 2 aromatic carbocycles. The molecule has 0 aliphatic heterocycles. The Kier molecular flexibility index (Phi) is 5.01. The lowest BCUT2D eigenvalue weighted by Crippen LogP contribution is -2.06. The molecule has 110 valence electrons. The van der Waals surface area contributed by atoms with Crippen LogP contribution in [0.5, 0.6) is 5.75 Å². The summed E-state index contributed by atoms with van der Waals surface area (Å²) in [5, 5.41) is 0. The van der Waals surface area contributed by atoms with Gasteiger partial charge in [0.1, 0.15) is 11.6 Å². The highest BCUT2D eigenvalue weighted by Gasteiger charge is 2.12. The topological polar surface area (TPSA) is 26.3 Å². The van der Waals surface area contributed by atoms with Crippen molar-refractivity contribution in [3.8, 4) is 5.75 Å². The van der Waals surface area contributed by atoms with E-state index in [2.05, 4.69) is 20.7 Å². The zero-order valence-electron chi connectivity index (χ0n) is 10.7. The number of alkyl halides is 2. The summed E-state index contributed by atoms with van der Waals surface area (Å²) in [5.41, 5.74) is 0.579. The van der Waals surface area contributed by atoms with Gasteiger partial charge in [-0.05, 0) is 42.0 Å². The highest BCUT2D eigenvalue weighted by Crippen LogP contribution is 2.19. The molecule has 2 rings (SSSR count). The first-order valence-electron chi connectivity index (χ1n) is 5.97. The summed E-state index contributed by atoms with van der Waals surface area (Å²) in [6.07, 6.45) is -0.103. The van der Waals surface area contributed by atoms with Gasteiger partial charge in [0.15, 0.2) is 5.78 Å². The second-order valence-electron chi connectivity index (χ2n) is 4.24. The van der Waals surface area contributed by atoms with E-state index in [4.69, 9.17) is 0 Å². The lowest BCUT2D eigenvalue weighted by molar-refractivity contribution is -0.0498. The molecule has 0 aromatic heterocycles. The lowest BCUT2D eigenvalue weighted by Gasteiger charge is -2.06.